The van der Waals surface area contributed by atoms with Crippen LogP contribution in [0.25, 0.3) is 0 Å². The van der Waals surface area contributed by atoms with Crippen LogP contribution in [0.5, 0.6) is 0 Å². The summed E-state index contributed by atoms with van der Waals surface area (Å²) in [5, 5.41) is 0. The third-order valence-corrected chi connectivity index (χ3v) is 2.13. The largest absolute Gasteiger partial charge is 0.460 e. The summed E-state index contributed by atoms with van der Waals surface area (Å²) in [6.07, 6.45) is -6.55. The predicted molar refractivity (Wildman–Crippen MR) is 54.2 cm³/mol. The Kier molecular flexibility index (Phi) is 4.15. The van der Waals surface area contributed by atoms with Gasteiger partial charge < -0.3 is 0 Å². The summed E-state index contributed by atoms with van der Waals surface area (Å²) in [6.45, 7) is 0. The van der Waals surface area contributed by atoms with E-state index in [4.69, 9.17) is 0 Å². The smallest absolute Gasteiger partial charge is 0.298 e. The molecule has 0 bridgehead atoms. The van der Waals surface area contributed by atoms with Crippen LogP contribution in [-0.2, 0) is 4.79 Å². The highest BCUT2D eigenvalue weighted by Gasteiger charge is 2.76. The van der Waals surface area contributed by atoms with Gasteiger partial charge in [-0.1, -0.05) is 18.2 Å². The zero-order valence-corrected chi connectivity index (χ0v) is 9.44. The number of rotatable bonds is 4. The maximum Gasteiger partial charge on any atom is 0.460 e. The monoisotopic (exact) mass is 304 g/mol. The number of hydrogen-bond acceptors (Lipinski definition) is 2. The molecule has 0 saturated carbocycles. The molecule has 0 heterocycles. The molecule has 10 heteroatoms. The fourth-order valence-electron chi connectivity index (χ4n) is 1.05. The number of nitrogens with one attached hydrogen (secondary N) is 2. The number of alkyl halides is 7. The van der Waals surface area contributed by atoms with Gasteiger partial charge in [0.15, 0.2) is 0 Å². The fraction of sp³-hybridized carbons (Fsp3) is 0.300. The van der Waals surface area contributed by atoms with Crippen LogP contribution in [-0.4, -0.2) is 23.9 Å². The van der Waals surface area contributed by atoms with Crippen molar-refractivity contribution in [2.24, 2.45) is 0 Å². The predicted octanol–water partition coefficient (Wildman–Crippen LogP) is 2.96. The van der Waals surface area contributed by atoms with E-state index in [-0.39, 0.29) is 5.69 Å². The number of halogens is 7. The summed E-state index contributed by atoms with van der Waals surface area (Å²) < 4.78 is 86.3. The summed E-state index contributed by atoms with van der Waals surface area (Å²) >= 11 is 0. The standard InChI is InChI=1S/C10H7F7N2O/c11-8(12,9(13,14)10(15,16)17)7(20)19-18-6-4-2-1-3-5-6/h1-5,18H,(H,19,20). The van der Waals surface area contributed by atoms with Crippen LogP contribution in [0.1, 0.15) is 0 Å². The molecular formula is C10H7F7N2O. The van der Waals surface area contributed by atoms with Crippen molar-refractivity contribution in [1.29, 1.82) is 0 Å². The minimum atomic E-state index is -6.55. The minimum absolute atomic E-state index is 0.0203. The van der Waals surface area contributed by atoms with Gasteiger partial charge in [-0.05, 0) is 12.1 Å². The normalized spacial score (nSPS) is 12.9. The van der Waals surface area contributed by atoms with Gasteiger partial charge in [-0.3, -0.25) is 15.6 Å². The van der Waals surface area contributed by atoms with Crippen molar-refractivity contribution in [3.05, 3.63) is 30.3 Å². The Labute approximate surface area is 107 Å². The van der Waals surface area contributed by atoms with Gasteiger partial charge in [0.1, 0.15) is 0 Å². The van der Waals surface area contributed by atoms with Crippen molar-refractivity contribution >= 4 is 11.6 Å². The van der Waals surface area contributed by atoms with Crippen molar-refractivity contribution < 1.29 is 35.5 Å². The third kappa shape index (κ3) is 2.94. The second kappa shape index (κ2) is 5.17. The molecule has 0 fully saturated rings. The Bertz CT molecular complexity index is 472. The van der Waals surface area contributed by atoms with E-state index in [9.17, 15) is 35.5 Å². The molecule has 112 valence electrons. The molecule has 1 amide bonds. The maximum absolute atomic E-state index is 12.9. The molecule has 1 rings (SSSR count). The van der Waals surface area contributed by atoms with Crippen molar-refractivity contribution in [2.45, 2.75) is 18.0 Å². The zero-order valence-electron chi connectivity index (χ0n) is 9.44. The van der Waals surface area contributed by atoms with E-state index in [0.29, 0.717) is 0 Å². The van der Waals surface area contributed by atoms with Gasteiger partial charge in [0.2, 0.25) is 0 Å². The van der Waals surface area contributed by atoms with Crippen LogP contribution in [0, 0.1) is 0 Å². The number of benzene rings is 1. The summed E-state index contributed by atoms with van der Waals surface area (Å²) in [4.78, 5) is 10.8. The van der Waals surface area contributed by atoms with Gasteiger partial charge in [-0.15, -0.1) is 0 Å². The first kappa shape index (κ1) is 16.1. The maximum atomic E-state index is 12.9. The summed E-state index contributed by atoms with van der Waals surface area (Å²) in [6, 6.07) is 6.88. The second-order valence-electron chi connectivity index (χ2n) is 3.59. The Hall–Kier alpha value is -2.00. The SMILES string of the molecule is O=C(NNc1ccccc1)C(F)(F)C(F)(F)C(F)(F)F. The molecule has 0 aliphatic carbocycles. The van der Waals surface area contributed by atoms with Crippen molar-refractivity contribution in [1.82, 2.24) is 5.43 Å². The van der Waals surface area contributed by atoms with Crippen LogP contribution in [0.3, 0.4) is 0 Å². The molecule has 0 aliphatic rings. The molecule has 0 aromatic heterocycles. The lowest BCUT2D eigenvalue weighted by Crippen LogP contribution is -2.60. The highest BCUT2D eigenvalue weighted by molar-refractivity contribution is 5.85. The van der Waals surface area contributed by atoms with Gasteiger partial charge in [0, 0.05) is 0 Å². The molecule has 0 aliphatic heterocycles. The van der Waals surface area contributed by atoms with Crippen LogP contribution in [0.4, 0.5) is 36.4 Å². The Morgan fingerprint density at radius 2 is 1.40 bits per heavy atom. The topological polar surface area (TPSA) is 41.1 Å². The lowest BCUT2D eigenvalue weighted by atomic mass is 10.1. The molecule has 3 nitrogen and oxygen atoms in total. The lowest BCUT2D eigenvalue weighted by Gasteiger charge is -2.27. The van der Waals surface area contributed by atoms with E-state index in [1.165, 1.54) is 30.3 Å². The van der Waals surface area contributed by atoms with E-state index in [2.05, 4.69) is 0 Å². The number of amides is 1. The van der Waals surface area contributed by atoms with Crippen molar-refractivity contribution in [3.8, 4) is 0 Å². The van der Waals surface area contributed by atoms with Gasteiger partial charge in [-0.2, -0.15) is 30.7 Å². The first-order valence-corrected chi connectivity index (χ1v) is 4.94. The summed E-state index contributed by atoms with van der Waals surface area (Å²) in [7, 11) is 0. The molecule has 1 aromatic carbocycles. The van der Waals surface area contributed by atoms with Gasteiger partial charge in [-0.25, -0.2) is 0 Å². The molecule has 0 radical (unpaired) electrons. The Morgan fingerprint density at radius 1 is 0.900 bits per heavy atom. The molecule has 0 saturated heterocycles. The number of hydrazine groups is 1. The van der Waals surface area contributed by atoms with Crippen LogP contribution in [0.15, 0.2) is 30.3 Å². The van der Waals surface area contributed by atoms with Gasteiger partial charge >= 0.3 is 23.9 Å². The van der Waals surface area contributed by atoms with Crippen molar-refractivity contribution in [2.75, 3.05) is 5.43 Å². The van der Waals surface area contributed by atoms with E-state index in [1.54, 1.807) is 5.43 Å². The first-order chi connectivity index (χ1) is 9.00. The van der Waals surface area contributed by atoms with Gasteiger partial charge in [0.05, 0.1) is 5.69 Å². The molecule has 0 unspecified atom stereocenters. The Balaban J connectivity index is 2.80. The number of anilines is 1. The number of hydrogen-bond donors (Lipinski definition) is 2. The third-order valence-electron chi connectivity index (χ3n) is 2.13. The summed E-state index contributed by atoms with van der Waals surface area (Å²) in [5.74, 6) is -15.2. The van der Waals surface area contributed by atoms with E-state index in [0.717, 1.165) is 5.43 Å². The zero-order chi connectivity index (χ0) is 15.6. The van der Waals surface area contributed by atoms with Crippen molar-refractivity contribution in [3.63, 3.8) is 0 Å². The average molecular weight is 304 g/mol. The highest BCUT2D eigenvalue weighted by Crippen LogP contribution is 2.46. The average Bonchev–Trinajstić information content (AvgIpc) is 2.35. The van der Waals surface area contributed by atoms with E-state index < -0.39 is 23.9 Å². The van der Waals surface area contributed by atoms with Gasteiger partial charge in [0.25, 0.3) is 0 Å². The molecule has 0 atom stereocenters. The fourth-order valence-corrected chi connectivity index (χ4v) is 1.05. The first-order valence-electron chi connectivity index (χ1n) is 4.94. The number of carbonyl (C=O) groups is 1. The highest BCUT2D eigenvalue weighted by atomic mass is 19.4. The molecule has 2 N–H and O–H groups in total. The molecule has 1 aromatic rings. The van der Waals surface area contributed by atoms with Crippen LogP contribution in [0.2, 0.25) is 0 Å². The molecule has 20 heavy (non-hydrogen) atoms. The minimum Gasteiger partial charge on any atom is -0.298 e. The number of para-hydroxylation sites is 1. The van der Waals surface area contributed by atoms with E-state index >= 15 is 0 Å². The summed E-state index contributed by atoms with van der Waals surface area (Å²) in [5.41, 5.74) is 2.91. The van der Waals surface area contributed by atoms with E-state index in [1.807, 2.05) is 0 Å². The van der Waals surface area contributed by atoms with Crippen LogP contribution < -0.4 is 10.9 Å². The molecular weight excluding hydrogens is 297 g/mol. The lowest BCUT2D eigenvalue weighted by molar-refractivity contribution is -0.344. The van der Waals surface area contributed by atoms with Crippen LogP contribution >= 0.6 is 0 Å². The second-order valence-corrected chi connectivity index (χ2v) is 3.59. The Morgan fingerprint density at radius 3 is 1.85 bits per heavy atom. The molecule has 0 spiro atoms. The number of carbonyl (C=O) groups excluding carboxylic acids is 1. The quantitative estimate of drug-likeness (QED) is 0.663.